The van der Waals surface area contributed by atoms with Crippen molar-refractivity contribution in [3.63, 3.8) is 0 Å². The largest absolute Gasteiger partial charge is 0.490 e. The number of hydrogen-bond acceptors (Lipinski definition) is 9. The van der Waals surface area contributed by atoms with E-state index in [4.69, 9.17) is 25.5 Å². The van der Waals surface area contributed by atoms with E-state index in [-0.39, 0.29) is 17.1 Å². The van der Waals surface area contributed by atoms with Crippen molar-refractivity contribution in [2.24, 2.45) is 0 Å². The lowest BCUT2D eigenvalue weighted by Crippen LogP contribution is -2.46. The number of fused-ring (bicyclic) bond motifs is 3. The van der Waals surface area contributed by atoms with Gasteiger partial charge in [0, 0.05) is 30.8 Å². The number of aromatic amines is 1. The molecule has 0 bridgehead atoms. The number of carbonyl (C=O) groups excluding carboxylic acids is 1. The Morgan fingerprint density at radius 3 is 1.96 bits per heavy atom. The number of carboxylic acid groups (broad SMARTS) is 2. The first-order chi connectivity index (χ1) is 24.3. The van der Waals surface area contributed by atoms with Gasteiger partial charge in [-0.2, -0.15) is 31.4 Å². The molecule has 0 amide bonds. The third-order valence-electron chi connectivity index (χ3n) is 9.20. The lowest BCUT2D eigenvalue weighted by Gasteiger charge is -2.40. The molecule has 0 saturated carbocycles. The number of halogens is 6. The molecular weight excluding hydrogens is 700 g/mol. The summed E-state index contributed by atoms with van der Waals surface area (Å²) in [6, 6.07) is 9.34. The van der Waals surface area contributed by atoms with Crippen molar-refractivity contribution in [1.29, 1.82) is 0 Å². The number of anilines is 1. The van der Waals surface area contributed by atoms with Crippen LogP contribution in [0.1, 0.15) is 78.7 Å². The molecule has 1 aliphatic carbocycles. The lowest BCUT2D eigenvalue weighted by atomic mass is 9.72. The fourth-order valence-electron chi connectivity index (χ4n) is 6.71. The number of rotatable bonds is 6. The minimum Gasteiger partial charge on any atom is -0.475 e. The van der Waals surface area contributed by atoms with Gasteiger partial charge in [-0.05, 0) is 80.4 Å². The van der Waals surface area contributed by atoms with Gasteiger partial charge < -0.3 is 20.8 Å². The number of alkyl halides is 6. The number of ketones is 1. The Morgan fingerprint density at radius 2 is 1.42 bits per heavy atom. The molecule has 5 N–H and O–H groups in total. The predicted molar refractivity (Wildman–Crippen MR) is 176 cm³/mol. The fraction of sp³-hybridized carbons (Fsp3) is 0.529. The van der Waals surface area contributed by atoms with Crippen LogP contribution in [0.5, 0.6) is 0 Å². The zero-order chi connectivity index (χ0) is 38.4. The highest BCUT2D eigenvalue weighted by molar-refractivity contribution is 5.99. The Balaban J connectivity index is 0.000000367. The summed E-state index contributed by atoms with van der Waals surface area (Å²) in [4.78, 5) is 45.1. The molecule has 2 saturated heterocycles. The number of Topliss-reactive ketones (excluding diaryl/α,β-unsaturated/α-hetero) is 1. The summed E-state index contributed by atoms with van der Waals surface area (Å²) < 4.78 is 63.5. The maximum Gasteiger partial charge on any atom is 0.490 e. The van der Waals surface area contributed by atoms with E-state index in [0.717, 1.165) is 41.4 Å². The molecule has 3 aromatic rings. The van der Waals surface area contributed by atoms with Crippen LogP contribution in [0.2, 0.25) is 0 Å². The second-order valence-corrected chi connectivity index (χ2v) is 13.6. The van der Waals surface area contributed by atoms with Crippen LogP contribution in [0.25, 0.3) is 11.4 Å². The van der Waals surface area contributed by atoms with E-state index in [9.17, 15) is 31.1 Å². The second-order valence-electron chi connectivity index (χ2n) is 13.6. The van der Waals surface area contributed by atoms with Crippen LogP contribution < -0.4 is 5.73 Å². The highest BCUT2D eigenvalue weighted by atomic mass is 19.4. The predicted octanol–water partition coefficient (Wildman–Crippen LogP) is 5.42. The first kappa shape index (κ1) is 40.2. The molecule has 2 aliphatic heterocycles. The molecule has 0 spiro atoms. The number of aromatic nitrogens is 4. The minimum absolute atomic E-state index is 0.0461. The zero-order valence-electron chi connectivity index (χ0n) is 28.6. The van der Waals surface area contributed by atoms with Gasteiger partial charge >= 0.3 is 24.3 Å². The third-order valence-corrected chi connectivity index (χ3v) is 9.20. The van der Waals surface area contributed by atoms with E-state index >= 15 is 0 Å². The molecule has 0 radical (unpaired) electrons. The van der Waals surface area contributed by atoms with Gasteiger partial charge in [0.15, 0.2) is 5.78 Å². The van der Waals surface area contributed by atoms with Crippen LogP contribution in [0.4, 0.5) is 32.3 Å². The van der Waals surface area contributed by atoms with Crippen molar-refractivity contribution in [2.75, 3.05) is 31.9 Å². The van der Waals surface area contributed by atoms with Crippen LogP contribution in [-0.2, 0) is 34.4 Å². The van der Waals surface area contributed by atoms with E-state index < -0.39 is 24.3 Å². The summed E-state index contributed by atoms with van der Waals surface area (Å²) in [5.41, 5.74) is 11.9. The summed E-state index contributed by atoms with van der Waals surface area (Å²) in [5, 5.41) is 21.8. The number of aliphatic carboxylic acids is 2. The normalized spacial score (nSPS) is 17.8. The van der Waals surface area contributed by atoms with Gasteiger partial charge in [0.25, 0.3) is 0 Å². The molecule has 3 aliphatic rings. The van der Waals surface area contributed by atoms with Gasteiger partial charge in [0.05, 0.1) is 5.69 Å². The second kappa shape index (κ2) is 16.4. The number of piperidine rings is 2. The quantitative estimate of drug-likeness (QED) is 0.187. The van der Waals surface area contributed by atoms with Crippen LogP contribution in [0.3, 0.4) is 0 Å². The number of nitrogens with two attached hydrogens (primary N) is 1. The molecule has 284 valence electrons. The molecular formula is C34H41F6N7O5. The topological polar surface area (TPSA) is 179 Å². The number of carboxylic acids is 2. The maximum atomic E-state index is 13.4. The first-order valence-corrected chi connectivity index (χ1v) is 16.6. The SMILES string of the molecule is CC1(C)Cc2cnc(N)nc2-c2n[nH]c(C(=O)Cc3ccc(CN4CCC(N5CCCCC5)CC4)cc3)c21.O=C(O)C(F)(F)F.O=C(O)C(F)(F)F. The van der Waals surface area contributed by atoms with E-state index in [1.165, 1.54) is 63.8 Å². The summed E-state index contributed by atoms with van der Waals surface area (Å²) >= 11 is 0. The van der Waals surface area contributed by atoms with Crippen LogP contribution >= 0.6 is 0 Å². The van der Waals surface area contributed by atoms with E-state index in [1.807, 2.05) is 0 Å². The highest BCUT2D eigenvalue weighted by Crippen LogP contribution is 2.43. The molecule has 0 unspecified atom stereocenters. The van der Waals surface area contributed by atoms with Gasteiger partial charge in [0.1, 0.15) is 11.4 Å². The van der Waals surface area contributed by atoms with E-state index in [2.05, 4.69) is 68.1 Å². The van der Waals surface area contributed by atoms with Crippen molar-refractivity contribution < 1.29 is 50.9 Å². The number of nitrogen functional groups attached to an aromatic ring is 1. The van der Waals surface area contributed by atoms with Crippen molar-refractivity contribution in [2.45, 2.75) is 89.1 Å². The molecule has 2 fully saturated rings. The highest BCUT2D eigenvalue weighted by Gasteiger charge is 2.40. The van der Waals surface area contributed by atoms with Gasteiger partial charge in [-0.1, -0.05) is 44.5 Å². The molecule has 0 atom stereocenters. The van der Waals surface area contributed by atoms with Gasteiger partial charge in [-0.25, -0.2) is 19.6 Å². The van der Waals surface area contributed by atoms with Crippen molar-refractivity contribution in [1.82, 2.24) is 30.0 Å². The standard InChI is InChI=1S/C30H39N7O.2C2HF3O2/c1-30(2)17-22-18-32-29(31)33-26(22)28-25(30)27(34-35-28)24(38)16-20-6-8-21(9-7-20)19-36-14-10-23(11-15-36)37-12-4-3-5-13-37;2*3-2(4,5)1(6)7/h6-9,18,23H,3-5,10-17,19H2,1-2H3,(H,34,35)(H2,31,32,33);2*(H,6,7). The smallest absolute Gasteiger partial charge is 0.475 e. The fourth-order valence-corrected chi connectivity index (χ4v) is 6.71. The van der Waals surface area contributed by atoms with Gasteiger partial charge in [-0.3, -0.25) is 14.8 Å². The summed E-state index contributed by atoms with van der Waals surface area (Å²) in [5.74, 6) is -5.25. The molecule has 1 aromatic carbocycles. The Morgan fingerprint density at radius 1 is 0.885 bits per heavy atom. The Bertz CT molecular complexity index is 1690. The summed E-state index contributed by atoms with van der Waals surface area (Å²) in [6.45, 7) is 10.2. The number of likely N-dealkylation sites (tertiary alicyclic amines) is 2. The Hall–Kier alpha value is -4.58. The minimum atomic E-state index is -5.08. The summed E-state index contributed by atoms with van der Waals surface area (Å²) in [7, 11) is 0. The lowest BCUT2D eigenvalue weighted by molar-refractivity contribution is -0.193. The van der Waals surface area contributed by atoms with Crippen LogP contribution in [0.15, 0.2) is 30.5 Å². The first-order valence-electron chi connectivity index (χ1n) is 16.6. The third kappa shape index (κ3) is 10.5. The number of H-pyrrole nitrogens is 1. The average molecular weight is 742 g/mol. The average Bonchev–Trinajstić information content (AvgIpc) is 3.54. The van der Waals surface area contributed by atoms with Crippen molar-refractivity contribution in [3.05, 3.63) is 58.4 Å². The maximum absolute atomic E-state index is 13.4. The number of nitrogens with one attached hydrogen (secondary N) is 1. The number of nitrogens with zero attached hydrogens (tertiary/aromatic N) is 5. The van der Waals surface area contributed by atoms with Gasteiger partial charge in [0.2, 0.25) is 5.95 Å². The number of hydrogen-bond donors (Lipinski definition) is 4. The van der Waals surface area contributed by atoms with Crippen molar-refractivity contribution in [3.8, 4) is 11.4 Å². The van der Waals surface area contributed by atoms with E-state index in [1.54, 1.807) is 6.20 Å². The number of carbonyl (C=O) groups is 3. The zero-order valence-corrected chi connectivity index (χ0v) is 28.6. The molecule has 6 rings (SSSR count). The van der Waals surface area contributed by atoms with Crippen LogP contribution in [0, 0.1) is 0 Å². The molecule has 18 heteroatoms. The van der Waals surface area contributed by atoms with Crippen LogP contribution in [-0.4, -0.2) is 102 Å². The Kier molecular flexibility index (Phi) is 12.7. The Labute approximate surface area is 295 Å². The van der Waals surface area contributed by atoms with Gasteiger partial charge in [-0.15, -0.1) is 0 Å². The summed E-state index contributed by atoms with van der Waals surface area (Å²) in [6.07, 6.45) is -0.623. The molecule has 2 aromatic heterocycles. The molecule has 52 heavy (non-hydrogen) atoms. The van der Waals surface area contributed by atoms with Crippen molar-refractivity contribution >= 4 is 23.7 Å². The van der Waals surface area contributed by atoms with E-state index in [0.29, 0.717) is 17.8 Å². The monoisotopic (exact) mass is 741 g/mol. The number of benzene rings is 1. The molecule has 12 nitrogen and oxygen atoms in total. The molecule has 4 heterocycles.